The summed E-state index contributed by atoms with van der Waals surface area (Å²) < 4.78 is 5.36. The summed E-state index contributed by atoms with van der Waals surface area (Å²) in [5, 5.41) is 11.6. The van der Waals surface area contributed by atoms with Crippen molar-refractivity contribution in [2.24, 2.45) is 0 Å². The zero-order valence-electron chi connectivity index (χ0n) is 14.9. The van der Waals surface area contributed by atoms with Gasteiger partial charge in [0.05, 0.1) is 0 Å². The molecule has 0 fully saturated rings. The van der Waals surface area contributed by atoms with Crippen molar-refractivity contribution in [3.8, 4) is 0 Å². The molecule has 0 heterocycles. The maximum absolute atomic E-state index is 12.5. The minimum atomic E-state index is -0.680. The van der Waals surface area contributed by atoms with E-state index in [2.05, 4.69) is 5.32 Å². The molecule has 0 radical (unpaired) electrons. The van der Waals surface area contributed by atoms with Gasteiger partial charge in [-0.1, -0.05) is 30.3 Å². The summed E-state index contributed by atoms with van der Waals surface area (Å²) in [4.78, 5) is 26.1. The highest BCUT2D eigenvalue weighted by molar-refractivity contribution is 5.85. The van der Waals surface area contributed by atoms with Crippen molar-refractivity contribution in [1.82, 2.24) is 10.2 Å². The minimum Gasteiger partial charge on any atom is -0.444 e. The number of hydrogen-bond acceptors (Lipinski definition) is 4. The van der Waals surface area contributed by atoms with E-state index in [1.165, 1.54) is 4.90 Å². The van der Waals surface area contributed by atoms with Gasteiger partial charge in [0.15, 0.2) is 0 Å². The lowest BCUT2D eigenvalue weighted by atomic mass is 10.0. The van der Waals surface area contributed by atoms with Gasteiger partial charge in [-0.15, -0.1) is 0 Å². The number of amides is 2. The molecular formula is C18H28N2O4. The van der Waals surface area contributed by atoms with Crippen LogP contribution in [0.3, 0.4) is 0 Å². The molecule has 1 atom stereocenters. The molecule has 0 unspecified atom stereocenters. The Labute approximate surface area is 143 Å². The average Bonchev–Trinajstić information content (AvgIpc) is 2.51. The molecular weight excluding hydrogens is 308 g/mol. The molecule has 0 bridgehead atoms. The summed E-state index contributed by atoms with van der Waals surface area (Å²) in [6, 6.07) is 8.83. The van der Waals surface area contributed by atoms with E-state index in [1.807, 2.05) is 30.3 Å². The quantitative estimate of drug-likeness (QED) is 0.746. The van der Waals surface area contributed by atoms with Crippen LogP contribution in [0.5, 0.6) is 0 Å². The molecule has 6 nitrogen and oxygen atoms in total. The van der Waals surface area contributed by atoms with Crippen LogP contribution in [0.1, 0.15) is 32.8 Å². The van der Waals surface area contributed by atoms with Crippen LogP contribution in [0.4, 0.5) is 4.79 Å². The summed E-state index contributed by atoms with van der Waals surface area (Å²) in [7, 11) is 1.56. The van der Waals surface area contributed by atoms with E-state index >= 15 is 0 Å². The molecule has 0 aliphatic heterocycles. The van der Waals surface area contributed by atoms with E-state index in [9.17, 15) is 9.59 Å². The number of ether oxygens (including phenoxy) is 1. The van der Waals surface area contributed by atoms with Gasteiger partial charge in [0, 0.05) is 26.6 Å². The Morgan fingerprint density at radius 1 is 1.25 bits per heavy atom. The van der Waals surface area contributed by atoms with Crippen LogP contribution >= 0.6 is 0 Å². The number of likely N-dealkylation sites (N-methyl/N-ethyl adjacent to an activating group) is 1. The third kappa shape index (κ3) is 7.00. The molecule has 24 heavy (non-hydrogen) atoms. The Hall–Kier alpha value is -2.08. The molecule has 1 aromatic rings. The first-order chi connectivity index (χ1) is 11.2. The number of carbonyl (C=O) groups excluding carboxylic acids is 2. The number of aliphatic hydroxyl groups excluding tert-OH is 1. The van der Waals surface area contributed by atoms with Crippen LogP contribution in [0.2, 0.25) is 0 Å². The van der Waals surface area contributed by atoms with Crippen molar-refractivity contribution >= 4 is 12.0 Å². The van der Waals surface area contributed by atoms with E-state index in [4.69, 9.17) is 9.84 Å². The number of aliphatic hydroxyl groups is 1. The van der Waals surface area contributed by atoms with Crippen LogP contribution in [0.15, 0.2) is 30.3 Å². The molecule has 1 rings (SSSR count). The topological polar surface area (TPSA) is 78.9 Å². The van der Waals surface area contributed by atoms with Gasteiger partial charge < -0.3 is 15.2 Å². The number of rotatable bonds is 7. The zero-order chi connectivity index (χ0) is 18.2. The summed E-state index contributed by atoms with van der Waals surface area (Å²) in [5.74, 6) is -0.263. The standard InChI is InChI=1S/C18H28N2O4/c1-18(2,3)24-17(23)20(4)15(16(22)19-11-8-12-21)13-14-9-6-5-7-10-14/h5-7,9-10,15,21H,8,11-13H2,1-4H3,(H,19,22)/t15-/m1/s1. The lowest BCUT2D eigenvalue weighted by Crippen LogP contribution is -2.50. The van der Waals surface area contributed by atoms with E-state index in [1.54, 1.807) is 27.8 Å². The summed E-state index contributed by atoms with van der Waals surface area (Å²) in [5.41, 5.74) is 0.325. The predicted molar refractivity (Wildman–Crippen MR) is 92.6 cm³/mol. The van der Waals surface area contributed by atoms with E-state index < -0.39 is 17.7 Å². The van der Waals surface area contributed by atoms with Gasteiger partial charge in [-0.3, -0.25) is 9.69 Å². The second kappa shape index (κ2) is 9.27. The van der Waals surface area contributed by atoms with Crippen molar-refractivity contribution in [1.29, 1.82) is 0 Å². The molecule has 0 saturated carbocycles. The molecule has 1 aromatic carbocycles. The Balaban J connectivity index is 2.86. The third-order valence-corrected chi connectivity index (χ3v) is 3.36. The number of carbonyl (C=O) groups is 2. The summed E-state index contributed by atoms with van der Waals surface area (Å²) in [6.07, 6.45) is 0.322. The molecule has 0 saturated heterocycles. The van der Waals surface area contributed by atoms with E-state index in [0.29, 0.717) is 19.4 Å². The maximum atomic E-state index is 12.5. The molecule has 2 N–H and O–H groups in total. The third-order valence-electron chi connectivity index (χ3n) is 3.36. The van der Waals surface area contributed by atoms with Crippen LogP contribution < -0.4 is 5.32 Å². The van der Waals surface area contributed by atoms with Gasteiger partial charge in [0.25, 0.3) is 0 Å². The Morgan fingerprint density at radius 2 is 1.88 bits per heavy atom. The first kappa shape index (κ1) is 20.0. The van der Waals surface area contributed by atoms with Crippen molar-refractivity contribution in [2.45, 2.75) is 45.3 Å². The Kier molecular flexibility index (Phi) is 7.71. The van der Waals surface area contributed by atoms with Gasteiger partial charge in [0.1, 0.15) is 11.6 Å². The van der Waals surface area contributed by atoms with Crippen molar-refractivity contribution < 1.29 is 19.4 Å². The van der Waals surface area contributed by atoms with E-state index in [-0.39, 0.29) is 12.5 Å². The number of benzene rings is 1. The average molecular weight is 336 g/mol. The zero-order valence-corrected chi connectivity index (χ0v) is 14.9. The first-order valence-corrected chi connectivity index (χ1v) is 8.13. The lowest BCUT2D eigenvalue weighted by molar-refractivity contribution is -0.126. The normalized spacial score (nSPS) is 12.4. The number of nitrogens with zero attached hydrogens (tertiary/aromatic N) is 1. The molecule has 0 aliphatic carbocycles. The monoisotopic (exact) mass is 336 g/mol. The highest BCUT2D eigenvalue weighted by Gasteiger charge is 2.30. The SMILES string of the molecule is CN(C(=O)OC(C)(C)C)[C@H](Cc1ccccc1)C(=O)NCCCO. The summed E-state index contributed by atoms with van der Waals surface area (Å²) in [6.45, 7) is 5.72. The fourth-order valence-corrected chi connectivity index (χ4v) is 2.11. The van der Waals surface area contributed by atoms with Gasteiger partial charge in [-0.25, -0.2) is 4.79 Å². The van der Waals surface area contributed by atoms with Gasteiger partial charge in [0.2, 0.25) is 5.91 Å². The molecule has 134 valence electrons. The lowest BCUT2D eigenvalue weighted by Gasteiger charge is -2.30. The van der Waals surface area contributed by atoms with Crippen LogP contribution in [-0.4, -0.2) is 53.8 Å². The highest BCUT2D eigenvalue weighted by atomic mass is 16.6. The second-order valence-corrected chi connectivity index (χ2v) is 6.66. The van der Waals surface area contributed by atoms with Crippen LogP contribution in [0.25, 0.3) is 0 Å². The van der Waals surface area contributed by atoms with Crippen molar-refractivity contribution in [3.05, 3.63) is 35.9 Å². The molecule has 6 heteroatoms. The number of nitrogens with one attached hydrogen (secondary N) is 1. The Bertz CT molecular complexity index is 526. The first-order valence-electron chi connectivity index (χ1n) is 8.13. The van der Waals surface area contributed by atoms with Gasteiger partial charge in [-0.05, 0) is 32.8 Å². The van der Waals surface area contributed by atoms with E-state index in [0.717, 1.165) is 5.56 Å². The van der Waals surface area contributed by atoms with Crippen LogP contribution in [-0.2, 0) is 16.0 Å². The fraction of sp³-hybridized carbons (Fsp3) is 0.556. The van der Waals surface area contributed by atoms with Crippen LogP contribution in [0, 0.1) is 0 Å². The Morgan fingerprint density at radius 3 is 2.42 bits per heavy atom. The van der Waals surface area contributed by atoms with Gasteiger partial charge in [-0.2, -0.15) is 0 Å². The summed E-state index contributed by atoms with van der Waals surface area (Å²) >= 11 is 0. The molecule has 0 aromatic heterocycles. The molecule has 2 amide bonds. The maximum Gasteiger partial charge on any atom is 0.410 e. The smallest absolute Gasteiger partial charge is 0.410 e. The molecule has 0 aliphatic rings. The number of hydrogen-bond donors (Lipinski definition) is 2. The second-order valence-electron chi connectivity index (χ2n) is 6.66. The fourth-order valence-electron chi connectivity index (χ4n) is 2.11. The van der Waals surface area contributed by atoms with Crippen molar-refractivity contribution in [3.63, 3.8) is 0 Å². The highest BCUT2D eigenvalue weighted by Crippen LogP contribution is 2.14. The minimum absolute atomic E-state index is 0.00549. The predicted octanol–water partition coefficient (Wildman–Crippen LogP) is 1.96. The van der Waals surface area contributed by atoms with Gasteiger partial charge >= 0.3 is 6.09 Å². The largest absolute Gasteiger partial charge is 0.444 e. The molecule has 0 spiro atoms. The van der Waals surface area contributed by atoms with Crippen molar-refractivity contribution in [2.75, 3.05) is 20.2 Å².